The zero-order valence-corrected chi connectivity index (χ0v) is 15.0. The smallest absolute Gasteiger partial charge is 0.410 e. The van der Waals surface area contributed by atoms with E-state index in [9.17, 15) is 4.79 Å². The van der Waals surface area contributed by atoms with E-state index in [0.717, 1.165) is 52.0 Å². The molecule has 1 heterocycles. The molecule has 1 fully saturated rings. The summed E-state index contributed by atoms with van der Waals surface area (Å²) < 4.78 is 10.9. The number of nitrogens with zero attached hydrogens (tertiary/aromatic N) is 1. The van der Waals surface area contributed by atoms with E-state index >= 15 is 0 Å². The molecule has 5 heteroatoms. The highest BCUT2D eigenvalue weighted by molar-refractivity contribution is 5.68. The first-order valence-corrected chi connectivity index (χ1v) is 8.58. The molecule has 22 heavy (non-hydrogen) atoms. The van der Waals surface area contributed by atoms with Gasteiger partial charge in [0.05, 0.1) is 6.10 Å². The van der Waals surface area contributed by atoms with Crippen LogP contribution in [0.2, 0.25) is 0 Å². The van der Waals surface area contributed by atoms with Crippen LogP contribution in [0.15, 0.2) is 0 Å². The van der Waals surface area contributed by atoms with Gasteiger partial charge in [0.25, 0.3) is 0 Å². The van der Waals surface area contributed by atoms with Crippen LogP contribution in [0.4, 0.5) is 4.79 Å². The van der Waals surface area contributed by atoms with Crippen molar-refractivity contribution in [3.05, 3.63) is 0 Å². The van der Waals surface area contributed by atoms with Crippen molar-refractivity contribution in [1.29, 1.82) is 0 Å². The first-order valence-electron chi connectivity index (χ1n) is 8.58. The molecule has 0 saturated carbocycles. The Kier molecular flexibility index (Phi) is 8.18. The topological polar surface area (TPSA) is 50.8 Å². The largest absolute Gasteiger partial charge is 0.444 e. The molecular weight excluding hydrogens is 280 g/mol. The predicted molar refractivity (Wildman–Crippen MR) is 89.1 cm³/mol. The molecule has 5 nitrogen and oxygen atoms in total. The van der Waals surface area contributed by atoms with Crippen LogP contribution in [0, 0.1) is 5.92 Å². The van der Waals surface area contributed by atoms with Crippen molar-refractivity contribution in [2.75, 3.05) is 32.8 Å². The lowest BCUT2D eigenvalue weighted by molar-refractivity contribution is 0.0183. The van der Waals surface area contributed by atoms with Crippen molar-refractivity contribution >= 4 is 6.09 Å². The third-order valence-corrected chi connectivity index (χ3v) is 3.65. The molecule has 0 radical (unpaired) electrons. The Hall–Kier alpha value is -0.810. The molecule has 0 aromatic heterocycles. The molecule has 1 N–H and O–H groups in total. The van der Waals surface area contributed by atoms with E-state index in [1.165, 1.54) is 0 Å². The highest BCUT2D eigenvalue weighted by Crippen LogP contribution is 2.19. The maximum absolute atomic E-state index is 12.0. The minimum atomic E-state index is -0.409. The number of ether oxygens (including phenoxy) is 2. The summed E-state index contributed by atoms with van der Waals surface area (Å²) in [5, 5.41) is 3.50. The van der Waals surface area contributed by atoms with Crippen molar-refractivity contribution in [2.24, 2.45) is 5.92 Å². The minimum Gasteiger partial charge on any atom is -0.444 e. The summed E-state index contributed by atoms with van der Waals surface area (Å²) in [7, 11) is 0. The lowest BCUT2D eigenvalue weighted by Crippen LogP contribution is -2.43. The number of rotatable bonds is 7. The van der Waals surface area contributed by atoms with Crippen LogP contribution in [0.3, 0.4) is 0 Å². The number of likely N-dealkylation sites (tertiary alicyclic amines) is 1. The van der Waals surface area contributed by atoms with Gasteiger partial charge in [-0.05, 0) is 72.9 Å². The van der Waals surface area contributed by atoms with E-state index in [-0.39, 0.29) is 6.09 Å². The van der Waals surface area contributed by atoms with Gasteiger partial charge in [-0.2, -0.15) is 0 Å². The van der Waals surface area contributed by atoms with E-state index in [1.807, 2.05) is 25.7 Å². The summed E-state index contributed by atoms with van der Waals surface area (Å²) in [6.07, 6.45) is 3.29. The van der Waals surface area contributed by atoms with Crippen molar-refractivity contribution in [1.82, 2.24) is 10.2 Å². The number of carbonyl (C=O) groups is 1. The van der Waals surface area contributed by atoms with Gasteiger partial charge in [0.1, 0.15) is 5.60 Å². The number of hydrogen-bond acceptors (Lipinski definition) is 4. The predicted octanol–water partition coefficient (Wildman–Crippen LogP) is 3.04. The minimum absolute atomic E-state index is 0.176. The maximum Gasteiger partial charge on any atom is 0.410 e. The Balaban J connectivity index is 2.09. The van der Waals surface area contributed by atoms with Crippen LogP contribution in [0.25, 0.3) is 0 Å². The molecule has 1 aliphatic rings. The molecule has 0 aromatic carbocycles. The van der Waals surface area contributed by atoms with Crippen LogP contribution in [0.5, 0.6) is 0 Å². The SMILES string of the molecule is CC(C)OCCCNCC1CCN(C(=O)OC(C)(C)C)CC1. The van der Waals surface area contributed by atoms with E-state index in [2.05, 4.69) is 19.2 Å². The summed E-state index contributed by atoms with van der Waals surface area (Å²) >= 11 is 0. The second-order valence-corrected chi connectivity index (χ2v) is 7.39. The summed E-state index contributed by atoms with van der Waals surface area (Å²) in [4.78, 5) is 13.8. The quantitative estimate of drug-likeness (QED) is 0.734. The molecule has 1 rings (SSSR count). The van der Waals surface area contributed by atoms with Gasteiger partial charge in [0.2, 0.25) is 0 Å². The zero-order valence-electron chi connectivity index (χ0n) is 15.0. The van der Waals surface area contributed by atoms with Crippen LogP contribution < -0.4 is 5.32 Å². The molecule has 1 saturated heterocycles. The van der Waals surface area contributed by atoms with Crippen LogP contribution >= 0.6 is 0 Å². The van der Waals surface area contributed by atoms with Crippen LogP contribution in [0.1, 0.15) is 53.9 Å². The Morgan fingerprint density at radius 1 is 1.27 bits per heavy atom. The fourth-order valence-electron chi connectivity index (χ4n) is 2.47. The standard InChI is InChI=1S/C17H34N2O3/c1-14(2)21-12-6-9-18-13-15-7-10-19(11-8-15)16(20)22-17(3,4)5/h14-15,18H,6-13H2,1-5H3. The highest BCUT2D eigenvalue weighted by Gasteiger charge is 2.26. The van der Waals surface area contributed by atoms with E-state index in [1.54, 1.807) is 0 Å². The Labute approximate surface area is 135 Å². The molecule has 1 amide bonds. The van der Waals surface area contributed by atoms with Crippen molar-refractivity contribution < 1.29 is 14.3 Å². The van der Waals surface area contributed by atoms with Gasteiger partial charge in [0, 0.05) is 19.7 Å². The van der Waals surface area contributed by atoms with Gasteiger partial charge in [-0.25, -0.2) is 4.79 Å². The number of piperidine rings is 1. The Bertz CT molecular complexity index is 318. The maximum atomic E-state index is 12.0. The molecule has 1 aliphatic heterocycles. The summed E-state index contributed by atoms with van der Waals surface area (Å²) in [6, 6.07) is 0. The van der Waals surface area contributed by atoms with E-state index in [4.69, 9.17) is 9.47 Å². The third-order valence-electron chi connectivity index (χ3n) is 3.65. The normalized spacial score (nSPS) is 17.1. The van der Waals surface area contributed by atoms with E-state index in [0.29, 0.717) is 12.0 Å². The molecule has 0 unspecified atom stereocenters. The average molecular weight is 314 g/mol. The molecule has 0 bridgehead atoms. The molecule has 0 spiro atoms. The Morgan fingerprint density at radius 3 is 2.45 bits per heavy atom. The number of carbonyl (C=O) groups excluding carboxylic acids is 1. The number of amides is 1. The molecule has 0 aliphatic carbocycles. The van der Waals surface area contributed by atoms with Gasteiger partial charge < -0.3 is 19.7 Å². The second-order valence-electron chi connectivity index (χ2n) is 7.39. The lowest BCUT2D eigenvalue weighted by atomic mass is 9.97. The lowest BCUT2D eigenvalue weighted by Gasteiger charge is -2.33. The van der Waals surface area contributed by atoms with Gasteiger partial charge in [-0.3, -0.25) is 0 Å². The third kappa shape index (κ3) is 8.59. The average Bonchev–Trinajstić information content (AvgIpc) is 2.41. The summed E-state index contributed by atoms with van der Waals surface area (Å²) in [5.74, 6) is 0.657. The molecule has 0 aromatic rings. The zero-order chi connectivity index (χ0) is 16.6. The molecule has 0 atom stereocenters. The molecule has 130 valence electrons. The van der Waals surface area contributed by atoms with Gasteiger partial charge >= 0.3 is 6.09 Å². The van der Waals surface area contributed by atoms with Gasteiger partial charge in [-0.15, -0.1) is 0 Å². The first kappa shape index (κ1) is 19.2. The first-order chi connectivity index (χ1) is 10.3. The second kappa shape index (κ2) is 9.36. The van der Waals surface area contributed by atoms with Crippen LogP contribution in [-0.4, -0.2) is 55.5 Å². The monoisotopic (exact) mass is 314 g/mol. The number of hydrogen-bond donors (Lipinski definition) is 1. The van der Waals surface area contributed by atoms with Crippen molar-refractivity contribution in [2.45, 2.75) is 65.6 Å². The Morgan fingerprint density at radius 2 is 1.91 bits per heavy atom. The van der Waals surface area contributed by atoms with E-state index < -0.39 is 5.60 Å². The fourth-order valence-corrected chi connectivity index (χ4v) is 2.47. The number of nitrogens with one attached hydrogen (secondary N) is 1. The summed E-state index contributed by atoms with van der Waals surface area (Å²) in [5.41, 5.74) is -0.409. The highest BCUT2D eigenvalue weighted by atomic mass is 16.6. The van der Waals surface area contributed by atoms with Crippen molar-refractivity contribution in [3.63, 3.8) is 0 Å². The van der Waals surface area contributed by atoms with Crippen LogP contribution in [-0.2, 0) is 9.47 Å². The van der Waals surface area contributed by atoms with Gasteiger partial charge in [0.15, 0.2) is 0 Å². The fraction of sp³-hybridized carbons (Fsp3) is 0.941. The van der Waals surface area contributed by atoms with Gasteiger partial charge in [-0.1, -0.05) is 0 Å². The van der Waals surface area contributed by atoms with Crippen molar-refractivity contribution in [3.8, 4) is 0 Å². The summed E-state index contributed by atoms with van der Waals surface area (Å²) in [6.45, 7) is 14.3. The molecular formula is C17H34N2O3.